The van der Waals surface area contributed by atoms with Crippen LogP contribution in [-0.4, -0.2) is 44.6 Å². The first-order valence-corrected chi connectivity index (χ1v) is 13.2. The average molecular weight is 443 g/mol. The zero-order valence-corrected chi connectivity index (χ0v) is 20.8. The smallest absolute Gasteiger partial charge is 0.261 e. The molecule has 0 aromatic heterocycles. The van der Waals surface area contributed by atoms with Gasteiger partial charge < -0.3 is 19.0 Å². The van der Waals surface area contributed by atoms with Gasteiger partial charge in [0.25, 0.3) is 8.32 Å². The second-order valence-electron chi connectivity index (χ2n) is 10.2. The molecule has 3 atom stereocenters. The second kappa shape index (κ2) is 9.55. The van der Waals surface area contributed by atoms with E-state index in [0.29, 0.717) is 13.0 Å². The third-order valence-electron chi connectivity index (χ3n) is 6.21. The molecule has 0 bridgehead atoms. The number of hydrogen-bond donors (Lipinski definition) is 1. The maximum atomic E-state index is 9.66. The molecule has 0 spiro atoms. The molecule has 0 saturated carbocycles. The van der Waals surface area contributed by atoms with Crippen LogP contribution in [0.2, 0.25) is 5.04 Å². The largest absolute Gasteiger partial charge is 0.405 e. The fourth-order valence-electron chi connectivity index (χ4n) is 4.70. The fraction of sp³-hybridized carbons (Fsp3) is 0.538. The number of aliphatic hydroxyl groups is 1. The highest BCUT2D eigenvalue weighted by atomic mass is 28.4. The topological polar surface area (TPSA) is 47.9 Å². The van der Waals surface area contributed by atoms with Gasteiger partial charge in [-0.1, -0.05) is 88.4 Å². The molecule has 3 rings (SSSR count). The fourth-order valence-corrected chi connectivity index (χ4v) is 9.29. The van der Waals surface area contributed by atoms with E-state index >= 15 is 0 Å². The van der Waals surface area contributed by atoms with E-state index in [1.807, 2.05) is 20.8 Å². The van der Waals surface area contributed by atoms with Crippen LogP contribution < -0.4 is 10.4 Å². The second-order valence-corrected chi connectivity index (χ2v) is 14.5. The molecule has 0 aliphatic carbocycles. The molecule has 0 unspecified atom stereocenters. The van der Waals surface area contributed by atoms with Crippen molar-refractivity contribution >= 4 is 18.7 Å². The van der Waals surface area contributed by atoms with Crippen molar-refractivity contribution in [2.24, 2.45) is 5.92 Å². The van der Waals surface area contributed by atoms with Crippen LogP contribution in [0.5, 0.6) is 0 Å². The van der Waals surface area contributed by atoms with Crippen molar-refractivity contribution in [2.75, 3.05) is 13.2 Å². The van der Waals surface area contributed by atoms with Gasteiger partial charge in [-0.2, -0.15) is 0 Å². The Morgan fingerprint density at radius 2 is 1.52 bits per heavy atom. The molecule has 1 aliphatic heterocycles. The van der Waals surface area contributed by atoms with Gasteiger partial charge in [0, 0.05) is 18.9 Å². The van der Waals surface area contributed by atoms with Crippen LogP contribution in [0.1, 0.15) is 48.0 Å². The molecule has 1 fully saturated rings. The summed E-state index contributed by atoms with van der Waals surface area (Å²) in [6.45, 7) is 13.3. The minimum absolute atomic E-state index is 0.0542. The number of aliphatic hydroxyl groups excluding tert-OH is 1. The third-order valence-corrected chi connectivity index (χ3v) is 11.2. The van der Waals surface area contributed by atoms with Crippen LogP contribution in [0.15, 0.2) is 60.7 Å². The summed E-state index contributed by atoms with van der Waals surface area (Å²) < 4.78 is 19.4. The van der Waals surface area contributed by atoms with Crippen LogP contribution in [0.4, 0.5) is 0 Å². The summed E-state index contributed by atoms with van der Waals surface area (Å²) in [5.41, 5.74) is 0. The molecule has 1 aliphatic rings. The summed E-state index contributed by atoms with van der Waals surface area (Å²) in [5, 5.41) is 12.1. The van der Waals surface area contributed by atoms with E-state index in [1.54, 1.807) is 0 Å². The summed E-state index contributed by atoms with van der Waals surface area (Å²) in [4.78, 5) is 0. The summed E-state index contributed by atoms with van der Waals surface area (Å²) in [5.74, 6) is -0.648. The van der Waals surface area contributed by atoms with Gasteiger partial charge in [-0.3, -0.25) is 0 Å². The monoisotopic (exact) mass is 442 g/mol. The molecular formula is C26H38O4Si. The van der Waals surface area contributed by atoms with E-state index in [4.69, 9.17) is 13.9 Å². The lowest BCUT2D eigenvalue weighted by molar-refractivity contribution is -0.311. The Labute approximate surface area is 188 Å². The van der Waals surface area contributed by atoms with Gasteiger partial charge in [0.1, 0.15) is 0 Å². The van der Waals surface area contributed by atoms with Crippen molar-refractivity contribution in [1.29, 1.82) is 0 Å². The normalized spacial score (nSPS) is 22.8. The third kappa shape index (κ3) is 5.29. The Balaban J connectivity index is 1.96. The Bertz CT molecular complexity index is 777. The van der Waals surface area contributed by atoms with Gasteiger partial charge in [0.2, 0.25) is 0 Å². The van der Waals surface area contributed by atoms with Crippen molar-refractivity contribution in [2.45, 2.75) is 71.0 Å². The highest BCUT2D eigenvalue weighted by Gasteiger charge is 2.51. The molecule has 170 valence electrons. The number of ether oxygens (including phenoxy) is 2. The van der Waals surface area contributed by atoms with Crippen LogP contribution >= 0.6 is 0 Å². The predicted octanol–water partition coefficient (Wildman–Crippen LogP) is 4.10. The van der Waals surface area contributed by atoms with Crippen LogP contribution in [0, 0.1) is 5.92 Å². The van der Waals surface area contributed by atoms with Crippen LogP contribution in [0.3, 0.4) is 0 Å². The van der Waals surface area contributed by atoms with Gasteiger partial charge in [0.05, 0.1) is 18.8 Å². The van der Waals surface area contributed by atoms with E-state index in [2.05, 4.69) is 81.4 Å². The van der Waals surface area contributed by atoms with Crippen molar-refractivity contribution in [1.82, 2.24) is 0 Å². The highest BCUT2D eigenvalue weighted by molar-refractivity contribution is 6.99. The summed E-state index contributed by atoms with van der Waals surface area (Å²) >= 11 is 0. The molecule has 1 saturated heterocycles. The van der Waals surface area contributed by atoms with Crippen molar-refractivity contribution in [3.05, 3.63) is 60.7 Å². The van der Waals surface area contributed by atoms with Gasteiger partial charge in [-0.15, -0.1) is 0 Å². The predicted molar refractivity (Wildman–Crippen MR) is 128 cm³/mol. The maximum absolute atomic E-state index is 9.66. The van der Waals surface area contributed by atoms with E-state index in [0.717, 1.165) is 0 Å². The van der Waals surface area contributed by atoms with E-state index in [-0.39, 0.29) is 29.8 Å². The Morgan fingerprint density at radius 1 is 1.00 bits per heavy atom. The Morgan fingerprint density at radius 3 is 1.97 bits per heavy atom. The van der Waals surface area contributed by atoms with E-state index in [9.17, 15) is 5.11 Å². The molecule has 31 heavy (non-hydrogen) atoms. The van der Waals surface area contributed by atoms with Crippen molar-refractivity contribution < 1.29 is 19.0 Å². The lowest BCUT2D eigenvalue weighted by Gasteiger charge is -2.46. The molecule has 2 aromatic carbocycles. The first kappa shape index (κ1) is 24.1. The number of hydrogen-bond acceptors (Lipinski definition) is 4. The van der Waals surface area contributed by atoms with E-state index < -0.39 is 14.1 Å². The van der Waals surface area contributed by atoms with Gasteiger partial charge in [-0.25, -0.2) is 0 Å². The van der Waals surface area contributed by atoms with Crippen molar-refractivity contribution in [3.63, 3.8) is 0 Å². The number of benzene rings is 2. The zero-order chi connectivity index (χ0) is 22.7. The van der Waals surface area contributed by atoms with Crippen LogP contribution in [-0.2, 0) is 13.9 Å². The molecule has 1 heterocycles. The lowest BCUT2D eigenvalue weighted by atomic mass is 9.98. The molecule has 0 radical (unpaired) electrons. The minimum atomic E-state index is -2.61. The summed E-state index contributed by atoms with van der Waals surface area (Å²) in [7, 11) is -2.61. The zero-order valence-electron chi connectivity index (χ0n) is 19.8. The Kier molecular flexibility index (Phi) is 7.44. The first-order valence-electron chi connectivity index (χ1n) is 11.3. The van der Waals surface area contributed by atoms with Crippen molar-refractivity contribution in [3.8, 4) is 0 Å². The van der Waals surface area contributed by atoms with Gasteiger partial charge in [0.15, 0.2) is 5.79 Å². The highest BCUT2D eigenvalue weighted by Crippen LogP contribution is 2.38. The first-order chi connectivity index (χ1) is 14.6. The lowest BCUT2D eigenvalue weighted by Crippen LogP contribution is -2.67. The average Bonchev–Trinajstić information content (AvgIpc) is 2.73. The number of rotatable bonds is 7. The van der Waals surface area contributed by atoms with Crippen LogP contribution in [0.25, 0.3) is 0 Å². The standard InChI is InChI=1S/C26H38O4Si/c1-20(18-27)24-17-21(29-26(5,6)30-24)19-28-31(25(2,3)4,22-13-9-7-10-14-22)23-15-11-8-12-16-23/h7-16,20-21,24,27H,17-19H2,1-6H3/t20-,21+,24+/m1/s1. The summed E-state index contributed by atoms with van der Waals surface area (Å²) in [6.07, 6.45) is 0.564. The molecule has 1 N–H and O–H groups in total. The molecule has 4 nitrogen and oxygen atoms in total. The molecular weight excluding hydrogens is 404 g/mol. The summed E-state index contributed by atoms with van der Waals surface area (Å²) in [6, 6.07) is 21.3. The maximum Gasteiger partial charge on any atom is 0.261 e. The molecule has 0 amide bonds. The van der Waals surface area contributed by atoms with Gasteiger partial charge >= 0.3 is 0 Å². The molecule has 2 aromatic rings. The van der Waals surface area contributed by atoms with E-state index in [1.165, 1.54) is 10.4 Å². The van der Waals surface area contributed by atoms with Gasteiger partial charge in [-0.05, 0) is 29.3 Å². The SMILES string of the molecule is C[C@H](CO)[C@@H]1C[C@@H](CO[Si](c2ccccc2)(c2ccccc2)C(C)(C)C)OC(C)(C)O1. The Hall–Kier alpha value is -1.50. The molecule has 5 heteroatoms. The quantitative estimate of drug-likeness (QED) is 0.656. The minimum Gasteiger partial charge on any atom is -0.405 e.